The first-order chi connectivity index (χ1) is 26.8. The van der Waals surface area contributed by atoms with E-state index >= 15 is 0 Å². The van der Waals surface area contributed by atoms with Crippen LogP contribution in [0.25, 0.3) is 0 Å². The van der Waals surface area contributed by atoms with Gasteiger partial charge in [0.25, 0.3) is 0 Å². The summed E-state index contributed by atoms with van der Waals surface area (Å²) >= 11 is 0. The number of hydrogen-bond acceptors (Lipinski definition) is 6. The van der Waals surface area contributed by atoms with Gasteiger partial charge in [0.1, 0.15) is 0 Å². The zero-order valence-corrected chi connectivity index (χ0v) is 36.3. The van der Waals surface area contributed by atoms with Crippen molar-refractivity contribution in [2.45, 2.75) is 171 Å². The summed E-state index contributed by atoms with van der Waals surface area (Å²) < 4.78 is 10.7. The first-order valence-corrected chi connectivity index (χ1v) is 21.8. The minimum Gasteiger partial charge on any atom is -0.478 e. The number of rotatable bonds is 28. The van der Waals surface area contributed by atoms with Crippen LogP contribution in [0.3, 0.4) is 0 Å². The SMILES string of the molecule is CC(C)CCCCCOC(=O)c1ccccc1C(=O)OCCCCCC(C)C.CCCCC(CC)Cc1ccc(C(=O)O)c(C(=O)O)c1CC(CC)CCCC. The molecule has 316 valence electrons. The summed E-state index contributed by atoms with van der Waals surface area (Å²) in [6, 6.07) is 10.1. The van der Waals surface area contributed by atoms with E-state index in [9.17, 15) is 29.4 Å². The first-order valence-electron chi connectivity index (χ1n) is 21.8. The van der Waals surface area contributed by atoms with E-state index in [4.69, 9.17) is 9.47 Å². The average molecular weight is 781 g/mol. The lowest BCUT2D eigenvalue weighted by molar-refractivity contribution is 0.0450. The second-order valence-electron chi connectivity index (χ2n) is 16.3. The molecule has 2 N–H and O–H groups in total. The molecule has 0 heterocycles. The number of benzene rings is 2. The zero-order valence-electron chi connectivity index (χ0n) is 36.3. The van der Waals surface area contributed by atoms with Crippen molar-refractivity contribution in [3.63, 3.8) is 0 Å². The molecule has 0 fully saturated rings. The van der Waals surface area contributed by atoms with Gasteiger partial charge in [-0.2, -0.15) is 0 Å². The predicted octanol–water partition coefficient (Wildman–Crippen LogP) is 13.0. The molecule has 2 atom stereocenters. The Morgan fingerprint density at radius 2 is 1.00 bits per heavy atom. The van der Waals surface area contributed by atoms with Crippen molar-refractivity contribution >= 4 is 23.9 Å². The fourth-order valence-corrected chi connectivity index (χ4v) is 7.01. The third-order valence-electron chi connectivity index (χ3n) is 10.6. The quantitative estimate of drug-likeness (QED) is 0.0645. The van der Waals surface area contributed by atoms with Crippen molar-refractivity contribution in [2.75, 3.05) is 13.2 Å². The second kappa shape index (κ2) is 29.5. The van der Waals surface area contributed by atoms with Gasteiger partial charge in [-0.25, -0.2) is 19.2 Å². The molecule has 2 aromatic rings. The highest BCUT2D eigenvalue weighted by Gasteiger charge is 2.25. The van der Waals surface area contributed by atoms with E-state index in [2.05, 4.69) is 55.4 Å². The van der Waals surface area contributed by atoms with E-state index < -0.39 is 23.9 Å². The Labute approximate surface area is 339 Å². The number of ether oxygens (including phenoxy) is 2. The van der Waals surface area contributed by atoms with Gasteiger partial charge in [-0.3, -0.25) is 0 Å². The fourth-order valence-electron chi connectivity index (χ4n) is 7.01. The van der Waals surface area contributed by atoms with Gasteiger partial charge in [0.05, 0.1) is 35.5 Å². The molecule has 0 spiro atoms. The predicted molar refractivity (Wildman–Crippen MR) is 228 cm³/mol. The molecule has 0 saturated heterocycles. The number of unbranched alkanes of at least 4 members (excludes halogenated alkanes) is 6. The van der Waals surface area contributed by atoms with Crippen molar-refractivity contribution < 1.29 is 38.9 Å². The summed E-state index contributed by atoms with van der Waals surface area (Å²) in [6.45, 7) is 18.3. The van der Waals surface area contributed by atoms with Gasteiger partial charge in [-0.05, 0) is 78.7 Å². The monoisotopic (exact) mass is 781 g/mol. The van der Waals surface area contributed by atoms with E-state index in [0.717, 1.165) is 101 Å². The van der Waals surface area contributed by atoms with Crippen molar-refractivity contribution in [3.05, 3.63) is 69.8 Å². The zero-order chi connectivity index (χ0) is 41.9. The highest BCUT2D eigenvalue weighted by Crippen LogP contribution is 2.30. The lowest BCUT2D eigenvalue weighted by Crippen LogP contribution is -2.18. The van der Waals surface area contributed by atoms with Crippen LogP contribution in [0.2, 0.25) is 0 Å². The second-order valence-corrected chi connectivity index (χ2v) is 16.3. The van der Waals surface area contributed by atoms with Crippen LogP contribution in [0.15, 0.2) is 36.4 Å². The van der Waals surface area contributed by atoms with E-state index in [-0.39, 0.29) is 22.3 Å². The Morgan fingerprint density at radius 3 is 1.39 bits per heavy atom. The van der Waals surface area contributed by atoms with E-state index in [1.807, 2.05) is 6.07 Å². The van der Waals surface area contributed by atoms with Crippen LogP contribution in [-0.2, 0) is 22.3 Å². The highest BCUT2D eigenvalue weighted by molar-refractivity contribution is 6.03. The van der Waals surface area contributed by atoms with Crippen LogP contribution in [0.5, 0.6) is 0 Å². The van der Waals surface area contributed by atoms with Crippen LogP contribution in [-0.4, -0.2) is 47.3 Å². The number of esters is 2. The maximum atomic E-state index is 12.4. The van der Waals surface area contributed by atoms with Gasteiger partial charge in [-0.1, -0.05) is 163 Å². The number of carbonyl (C=O) groups excluding carboxylic acids is 2. The van der Waals surface area contributed by atoms with Gasteiger partial charge in [-0.15, -0.1) is 0 Å². The molecular weight excluding hydrogens is 705 g/mol. The third kappa shape index (κ3) is 20.0. The number of carboxylic acid groups (broad SMARTS) is 2. The van der Waals surface area contributed by atoms with Crippen LogP contribution in [0.1, 0.15) is 211 Å². The lowest BCUT2D eigenvalue weighted by atomic mass is 9.82. The van der Waals surface area contributed by atoms with E-state index in [1.54, 1.807) is 24.3 Å². The summed E-state index contributed by atoms with van der Waals surface area (Å²) in [5.74, 6) is -0.887. The molecule has 0 amide bonds. The molecular formula is C48H76O8. The maximum Gasteiger partial charge on any atom is 0.339 e. The van der Waals surface area contributed by atoms with Crippen molar-refractivity contribution in [1.82, 2.24) is 0 Å². The summed E-state index contributed by atoms with van der Waals surface area (Å²) in [7, 11) is 0. The van der Waals surface area contributed by atoms with E-state index in [0.29, 0.717) is 43.3 Å². The Kier molecular flexibility index (Phi) is 26.6. The molecule has 0 aliphatic heterocycles. The smallest absolute Gasteiger partial charge is 0.339 e. The molecule has 0 aliphatic rings. The Hall–Kier alpha value is -3.68. The molecule has 2 unspecified atom stereocenters. The average Bonchev–Trinajstić information content (AvgIpc) is 3.17. The third-order valence-corrected chi connectivity index (χ3v) is 10.6. The molecule has 2 aromatic carbocycles. The molecule has 0 saturated carbocycles. The first kappa shape index (κ1) is 50.3. The molecule has 0 bridgehead atoms. The summed E-state index contributed by atoms with van der Waals surface area (Å²) in [5, 5.41) is 19.4. The van der Waals surface area contributed by atoms with Crippen LogP contribution < -0.4 is 0 Å². The van der Waals surface area contributed by atoms with Gasteiger partial charge in [0.2, 0.25) is 0 Å². The van der Waals surface area contributed by atoms with Crippen LogP contribution in [0, 0.1) is 23.7 Å². The topological polar surface area (TPSA) is 127 Å². The Balaban J connectivity index is 0.000000560. The van der Waals surface area contributed by atoms with Gasteiger partial charge >= 0.3 is 23.9 Å². The summed E-state index contributed by atoms with van der Waals surface area (Å²) in [4.78, 5) is 48.4. The standard InChI is InChI=1S/2C24H38O4/c1-19(2)13-7-5-11-17-27-23(25)21-15-9-10-16-22(21)24(26)28-18-12-6-8-14-20(3)4;1-5-9-11-17(7-3)15-19-13-14-20(23(25)26)22(24(27)28)21(19)16-18(8-4)12-10-6-2/h9-10,15-16,19-20H,5-8,11-14,17-18H2,1-4H3;13-14,17-18H,5-12,15-16H2,1-4H3,(H,25,26)(H,27,28). The van der Waals surface area contributed by atoms with Gasteiger partial charge in [0.15, 0.2) is 0 Å². The molecule has 56 heavy (non-hydrogen) atoms. The molecule has 2 rings (SSSR count). The molecule has 0 aliphatic carbocycles. The number of hydrogen-bond donors (Lipinski definition) is 2. The lowest BCUT2D eigenvalue weighted by Gasteiger charge is -2.23. The van der Waals surface area contributed by atoms with Crippen molar-refractivity contribution in [1.29, 1.82) is 0 Å². The minimum absolute atomic E-state index is 0.00490. The molecule has 0 aromatic heterocycles. The van der Waals surface area contributed by atoms with Crippen LogP contribution >= 0.6 is 0 Å². The van der Waals surface area contributed by atoms with Gasteiger partial charge < -0.3 is 19.7 Å². The molecule has 8 nitrogen and oxygen atoms in total. The minimum atomic E-state index is -1.16. The number of carbonyl (C=O) groups is 4. The maximum absolute atomic E-state index is 12.4. The number of carboxylic acids is 2. The number of aromatic carboxylic acids is 2. The van der Waals surface area contributed by atoms with Crippen molar-refractivity contribution in [3.8, 4) is 0 Å². The van der Waals surface area contributed by atoms with Crippen molar-refractivity contribution in [2.24, 2.45) is 23.7 Å². The largest absolute Gasteiger partial charge is 0.478 e. The van der Waals surface area contributed by atoms with E-state index in [1.165, 1.54) is 25.3 Å². The normalized spacial score (nSPS) is 12.2. The fraction of sp³-hybridized carbons (Fsp3) is 0.667. The Morgan fingerprint density at radius 1 is 0.536 bits per heavy atom. The Bertz CT molecular complexity index is 1380. The van der Waals surface area contributed by atoms with Crippen LogP contribution in [0.4, 0.5) is 0 Å². The highest BCUT2D eigenvalue weighted by atomic mass is 16.5. The molecule has 8 heteroatoms. The molecule has 0 radical (unpaired) electrons. The van der Waals surface area contributed by atoms with Gasteiger partial charge in [0, 0.05) is 0 Å². The summed E-state index contributed by atoms with van der Waals surface area (Å²) in [6.07, 6.45) is 18.7. The summed E-state index contributed by atoms with van der Waals surface area (Å²) in [5.41, 5.74) is 2.28.